The Morgan fingerprint density at radius 2 is 2.00 bits per heavy atom. The van der Waals surface area contributed by atoms with Gasteiger partial charge in [-0.3, -0.25) is 4.79 Å². The smallest absolute Gasteiger partial charge is 0.243 e. The summed E-state index contributed by atoms with van der Waals surface area (Å²) < 4.78 is 0. The van der Waals surface area contributed by atoms with Gasteiger partial charge < -0.3 is 16.0 Å². The van der Waals surface area contributed by atoms with E-state index >= 15 is 0 Å². The van der Waals surface area contributed by atoms with Gasteiger partial charge in [-0.1, -0.05) is 24.3 Å². The van der Waals surface area contributed by atoms with Crippen LogP contribution in [0.3, 0.4) is 0 Å². The van der Waals surface area contributed by atoms with Gasteiger partial charge in [-0.05, 0) is 36.2 Å². The van der Waals surface area contributed by atoms with Crippen molar-refractivity contribution in [3.8, 4) is 0 Å². The van der Waals surface area contributed by atoms with Crippen molar-refractivity contribution in [1.29, 1.82) is 0 Å². The van der Waals surface area contributed by atoms with Gasteiger partial charge in [-0.2, -0.15) is 0 Å². The first-order valence-corrected chi connectivity index (χ1v) is 6.63. The molecule has 3 N–H and O–H groups in total. The van der Waals surface area contributed by atoms with Crippen LogP contribution < -0.4 is 16.0 Å². The molecule has 0 radical (unpaired) electrons. The molecule has 4 nitrogen and oxygen atoms in total. The van der Waals surface area contributed by atoms with Gasteiger partial charge in [-0.15, -0.1) is 0 Å². The second-order valence-corrected chi connectivity index (χ2v) is 5.05. The zero-order valence-electron chi connectivity index (χ0n) is 11.4. The Balaban J connectivity index is 1.95. The average Bonchev–Trinajstić information content (AvgIpc) is 2.43. The van der Waals surface area contributed by atoms with E-state index in [2.05, 4.69) is 16.3 Å². The van der Waals surface area contributed by atoms with Crippen LogP contribution in [0.2, 0.25) is 0 Å². The second kappa shape index (κ2) is 4.89. The van der Waals surface area contributed by atoms with Crippen LogP contribution in [-0.4, -0.2) is 12.5 Å². The van der Waals surface area contributed by atoms with Crippen LogP contribution in [0.5, 0.6) is 0 Å². The maximum atomic E-state index is 11.8. The molecule has 0 saturated carbocycles. The molecular formula is C16H17N3O. The van der Waals surface area contributed by atoms with E-state index in [1.807, 2.05) is 43.3 Å². The minimum absolute atomic E-state index is 0.0188. The van der Waals surface area contributed by atoms with Crippen LogP contribution in [0.1, 0.15) is 11.1 Å². The minimum Gasteiger partial charge on any atom is -0.399 e. The van der Waals surface area contributed by atoms with Crippen molar-refractivity contribution in [3.63, 3.8) is 0 Å². The summed E-state index contributed by atoms with van der Waals surface area (Å²) in [6.07, 6.45) is 0. The fourth-order valence-electron chi connectivity index (χ4n) is 2.52. The van der Waals surface area contributed by atoms with E-state index in [4.69, 9.17) is 5.73 Å². The molecule has 20 heavy (non-hydrogen) atoms. The molecule has 2 aromatic rings. The molecule has 0 atom stereocenters. The van der Waals surface area contributed by atoms with E-state index in [0.717, 1.165) is 28.2 Å². The second-order valence-electron chi connectivity index (χ2n) is 5.05. The zero-order chi connectivity index (χ0) is 14.1. The van der Waals surface area contributed by atoms with Gasteiger partial charge >= 0.3 is 0 Å². The lowest BCUT2D eigenvalue weighted by Gasteiger charge is -2.31. The molecule has 1 aliphatic heterocycles. The van der Waals surface area contributed by atoms with E-state index in [0.29, 0.717) is 13.1 Å². The van der Waals surface area contributed by atoms with Crippen molar-refractivity contribution in [1.82, 2.24) is 0 Å². The van der Waals surface area contributed by atoms with Crippen LogP contribution in [0.25, 0.3) is 0 Å². The number of nitrogens with zero attached hydrogens (tertiary/aromatic N) is 1. The molecule has 0 saturated heterocycles. The molecule has 4 heteroatoms. The summed E-state index contributed by atoms with van der Waals surface area (Å²) in [4.78, 5) is 13.9. The summed E-state index contributed by atoms with van der Waals surface area (Å²) in [6.45, 7) is 3.06. The predicted molar refractivity (Wildman–Crippen MR) is 81.7 cm³/mol. The van der Waals surface area contributed by atoms with E-state index in [1.54, 1.807) is 0 Å². The van der Waals surface area contributed by atoms with Crippen molar-refractivity contribution >= 4 is 23.0 Å². The van der Waals surface area contributed by atoms with Crippen molar-refractivity contribution < 1.29 is 4.79 Å². The first-order chi connectivity index (χ1) is 9.65. The number of anilines is 3. The highest BCUT2D eigenvalue weighted by Gasteiger charge is 2.21. The highest BCUT2D eigenvalue weighted by Crippen LogP contribution is 2.30. The monoisotopic (exact) mass is 267 g/mol. The average molecular weight is 267 g/mol. The van der Waals surface area contributed by atoms with E-state index in [1.165, 1.54) is 0 Å². The lowest BCUT2D eigenvalue weighted by Crippen LogP contribution is -2.37. The Morgan fingerprint density at radius 3 is 2.85 bits per heavy atom. The first-order valence-electron chi connectivity index (χ1n) is 6.63. The third kappa shape index (κ3) is 2.20. The Morgan fingerprint density at radius 1 is 1.20 bits per heavy atom. The highest BCUT2D eigenvalue weighted by atomic mass is 16.2. The molecular weight excluding hydrogens is 250 g/mol. The zero-order valence-corrected chi connectivity index (χ0v) is 11.4. The maximum absolute atomic E-state index is 11.8. The van der Waals surface area contributed by atoms with Crippen molar-refractivity contribution in [3.05, 3.63) is 53.6 Å². The van der Waals surface area contributed by atoms with Crippen LogP contribution in [-0.2, 0) is 11.3 Å². The predicted octanol–water partition coefficient (Wildman–Crippen LogP) is 2.54. The number of fused-ring (bicyclic) bond motifs is 1. The van der Waals surface area contributed by atoms with Gasteiger partial charge in [0.1, 0.15) is 0 Å². The fraction of sp³-hybridized carbons (Fsp3) is 0.188. The lowest BCUT2D eigenvalue weighted by atomic mass is 10.1. The Kier molecular flexibility index (Phi) is 3.06. The number of nitrogen functional groups attached to an aromatic ring is 1. The van der Waals surface area contributed by atoms with Crippen LogP contribution in [0, 0.1) is 6.92 Å². The molecule has 0 aromatic heterocycles. The molecule has 2 aromatic carbocycles. The van der Waals surface area contributed by atoms with E-state index in [-0.39, 0.29) is 5.91 Å². The molecule has 3 rings (SSSR count). The van der Waals surface area contributed by atoms with Crippen LogP contribution in [0.4, 0.5) is 17.1 Å². The van der Waals surface area contributed by atoms with Gasteiger partial charge in [0.05, 0.1) is 17.9 Å². The summed E-state index contributed by atoms with van der Waals surface area (Å²) in [5, 5.41) is 2.90. The molecule has 1 amide bonds. The maximum Gasteiger partial charge on any atom is 0.243 e. The molecule has 1 heterocycles. The number of nitrogens with two attached hydrogens (primary N) is 1. The Hall–Kier alpha value is -2.49. The standard InChI is InChI=1S/C16H17N3O/c1-11-12(5-4-6-13(11)17)9-19-10-16(20)18-14-7-2-3-8-15(14)19/h2-8H,9-10,17H2,1H3,(H,18,20). The molecule has 0 fully saturated rings. The normalized spacial score (nSPS) is 13.8. The molecule has 0 aliphatic carbocycles. The van der Waals surface area contributed by atoms with Crippen LogP contribution in [0.15, 0.2) is 42.5 Å². The first kappa shape index (κ1) is 12.5. The van der Waals surface area contributed by atoms with Gasteiger partial charge in [0.15, 0.2) is 0 Å². The summed E-state index contributed by atoms with van der Waals surface area (Å²) >= 11 is 0. The van der Waals surface area contributed by atoms with Gasteiger partial charge in [0.25, 0.3) is 0 Å². The number of amides is 1. The highest BCUT2D eigenvalue weighted by molar-refractivity contribution is 6.01. The van der Waals surface area contributed by atoms with Gasteiger partial charge in [-0.25, -0.2) is 0 Å². The molecule has 1 aliphatic rings. The topological polar surface area (TPSA) is 58.4 Å². The third-order valence-electron chi connectivity index (χ3n) is 3.70. The number of hydrogen-bond donors (Lipinski definition) is 2. The summed E-state index contributed by atoms with van der Waals surface area (Å²) in [5.74, 6) is 0.0188. The van der Waals surface area contributed by atoms with E-state index in [9.17, 15) is 4.79 Å². The van der Waals surface area contributed by atoms with Gasteiger partial charge in [0, 0.05) is 12.2 Å². The number of benzene rings is 2. The largest absolute Gasteiger partial charge is 0.399 e. The molecule has 102 valence electrons. The summed E-state index contributed by atoms with van der Waals surface area (Å²) in [7, 11) is 0. The number of carbonyl (C=O) groups excluding carboxylic acids is 1. The molecule has 0 unspecified atom stereocenters. The van der Waals surface area contributed by atoms with Crippen molar-refractivity contribution in [2.45, 2.75) is 13.5 Å². The quantitative estimate of drug-likeness (QED) is 0.822. The number of nitrogens with one attached hydrogen (secondary N) is 1. The van der Waals surface area contributed by atoms with Gasteiger partial charge in [0.2, 0.25) is 5.91 Å². The third-order valence-corrected chi connectivity index (χ3v) is 3.70. The SMILES string of the molecule is Cc1c(N)cccc1CN1CC(=O)Nc2ccccc21. The van der Waals surface area contributed by atoms with Crippen molar-refractivity contribution in [2.24, 2.45) is 0 Å². The number of rotatable bonds is 2. The van der Waals surface area contributed by atoms with Crippen molar-refractivity contribution in [2.75, 3.05) is 22.5 Å². The minimum atomic E-state index is 0.0188. The van der Waals surface area contributed by atoms with Crippen LogP contribution >= 0.6 is 0 Å². The number of hydrogen-bond acceptors (Lipinski definition) is 3. The number of carbonyl (C=O) groups is 1. The Bertz CT molecular complexity index is 667. The number of para-hydroxylation sites is 2. The summed E-state index contributed by atoms with van der Waals surface area (Å²) in [6, 6.07) is 13.8. The Labute approximate surface area is 118 Å². The lowest BCUT2D eigenvalue weighted by molar-refractivity contribution is -0.115. The molecule has 0 spiro atoms. The van der Waals surface area contributed by atoms with E-state index < -0.39 is 0 Å². The summed E-state index contributed by atoms with van der Waals surface area (Å²) in [5.41, 5.74) is 10.9. The molecule has 0 bridgehead atoms. The fourth-order valence-corrected chi connectivity index (χ4v) is 2.52.